The topological polar surface area (TPSA) is 144 Å². The highest BCUT2D eigenvalue weighted by atomic mass is 32.2. The molecule has 0 amide bonds. The number of hydrogen-bond acceptors (Lipinski definition) is 9. The molecule has 0 unspecified atom stereocenters. The van der Waals surface area contributed by atoms with Crippen LogP contribution in [0.5, 0.6) is 11.5 Å². The van der Waals surface area contributed by atoms with Crippen molar-refractivity contribution in [1.29, 1.82) is 0 Å². The summed E-state index contributed by atoms with van der Waals surface area (Å²) in [6, 6.07) is 11.9. The van der Waals surface area contributed by atoms with E-state index in [-0.39, 0.29) is 23.8 Å². The lowest BCUT2D eigenvalue weighted by Gasteiger charge is -2.31. The van der Waals surface area contributed by atoms with Crippen molar-refractivity contribution >= 4 is 38.1 Å². The quantitative estimate of drug-likeness (QED) is 0.231. The molecule has 10 nitrogen and oxygen atoms in total. The minimum atomic E-state index is -5.08. The molecule has 0 saturated carbocycles. The number of nitrogens with two attached hydrogens (primary N) is 1. The van der Waals surface area contributed by atoms with Crippen LogP contribution in [0.3, 0.4) is 0 Å². The Morgan fingerprint density at radius 1 is 1.16 bits per heavy atom. The molecule has 2 heterocycles. The molecule has 4 rings (SSSR count). The third-order valence-corrected chi connectivity index (χ3v) is 7.71. The molecule has 242 valence electrons. The summed E-state index contributed by atoms with van der Waals surface area (Å²) in [4.78, 5) is 15.5. The summed E-state index contributed by atoms with van der Waals surface area (Å²) in [6.45, 7) is 5.55. The van der Waals surface area contributed by atoms with E-state index in [0.717, 1.165) is 11.3 Å². The number of primary sulfonamides is 1. The molecule has 2 aromatic carbocycles. The average molecular weight is 667 g/mol. The fraction of sp³-hybridized carbons (Fsp3) is 0.407. The van der Waals surface area contributed by atoms with Crippen molar-refractivity contribution < 1.29 is 49.7 Å². The van der Waals surface area contributed by atoms with Gasteiger partial charge in [-0.05, 0) is 56.3 Å². The zero-order valence-corrected chi connectivity index (χ0v) is 25.2. The summed E-state index contributed by atoms with van der Waals surface area (Å²) in [5.74, 6) is -4.13. The van der Waals surface area contributed by atoms with E-state index < -0.39 is 28.1 Å². The van der Waals surface area contributed by atoms with Gasteiger partial charge in [0.25, 0.3) is 5.92 Å². The molecule has 1 aliphatic rings. The molecule has 4 N–H and O–H groups in total. The maximum Gasteiger partial charge on any atom is 0.490 e. The molecule has 0 spiro atoms. The molecule has 0 radical (unpaired) electrons. The molecule has 44 heavy (non-hydrogen) atoms. The zero-order chi connectivity index (χ0) is 32.7. The van der Waals surface area contributed by atoms with Gasteiger partial charge in [-0.25, -0.2) is 32.1 Å². The average Bonchev–Trinajstić information content (AvgIpc) is 3.38. The molecule has 0 aliphatic carbocycles. The smallest absolute Gasteiger partial charge is 0.490 e. The number of aromatic nitrogens is 1. The number of piperidine rings is 1. The number of likely N-dealkylation sites (tertiary alicyclic amines) is 1. The first-order valence-corrected chi connectivity index (χ1v) is 15.6. The molecule has 0 bridgehead atoms. The van der Waals surface area contributed by atoms with Gasteiger partial charge in [0.15, 0.2) is 5.13 Å². The number of nitrogens with zero attached hydrogens (tertiary/aromatic N) is 2. The number of hydrogen-bond donors (Lipinski definition) is 3. The van der Waals surface area contributed by atoms with Crippen LogP contribution in [0.15, 0.2) is 52.7 Å². The van der Waals surface area contributed by atoms with Gasteiger partial charge < -0.3 is 19.9 Å². The molecular formula is C27H31F5N4O6S2. The number of anilines is 2. The van der Waals surface area contributed by atoms with Crippen LogP contribution in [0.1, 0.15) is 26.7 Å². The number of sulfonamides is 1. The van der Waals surface area contributed by atoms with Crippen molar-refractivity contribution in [2.75, 3.05) is 31.6 Å². The van der Waals surface area contributed by atoms with Crippen LogP contribution in [-0.4, -0.2) is 73.8 Å². The predicted octanol–water partition coefficient (Wildman–Crippen LogP) is 5.73. The number of carbonyl (C=O) groups is 1. The fourth-order valence-electron chi connectivity index (χ4n) is 3.84. The number of rotatable bonds is 10. The lowest BCUT2D eigenvalue weighted by atomic mass is 10.1. The molecule has 1 aliphatic heterocycles. The minimum absolute atomic E-state index is 0.0308. The second-order valence-corrected chi connectivity index (χ2v) is 12.3. The first kappa shape index (κ1) is 34.9. The van der Waals surface area contributed by atoms with Gasteiger partial charge in [-0.3, -0.25) is 4.90 Å². The summed E-state index contributed by atoms with van der Waals surface area (Å²) in [5, 5.41) is 18.0. The Morgan fingerprint density at radius 3 is 2.32 bits per heavy atom. The van der Waals surface area contributed by atoms with Crippen LogP contribution in [0.25, 0.3) is 11.3 Å². The monoisotopic (exact) mass is 666 g/mol. The van der Waals surface area contributed by atoms with Gasteiger partial charge in [-0.1, -0.05) is 0 Å². The Balaban J connectivity index is 0.000000676. The number of benzene rings is 2. The van der Waals surface area contributed by atoms with Crippen LogP contribution in [0.2, 0.25) is 0 Å². The van der Waals surface area contributed by atoms with Gasteiger partial charge in [-0.15, -0.1) is 11.3 Å². The first-order chi connectivity index (χ1) is 20.4. The van der Waals surface area contributed by atoms with Gasteiger partial charge in [0.05, 0.1) is 22.4 Å². The Hall–Kier alpha value is -3.54. The molecule has 1 fully saturated rings. The van der Waals surface area contributed by atoms with Crippen LogP contribution in [-0.2, 0) is 14.8 Å². The predicted molar refractivity (Wildman–Crippen MR) is 154 cm³/mol. The number of nitrogens with one attached hydrogen (secondary N) is 1. The Labute approximate surface area is 254 Å². The van der Waals surface area contributed by atoms with Crippen LogP contribution >= 0.6 is 11.3 Å². The highest BCUT2D eigenvalue weighted by molar-refractivity contribution is 7.89. The van der Waals surface area contributed by atoms with E-state index in [1.54, 1.807) is 6.07 Å². The standard InChI is InChI=1S/C25H30F2N4O4S2.C2HF3O2/c1-17(2)35-23-8-7-20(37(28,32)33)15-21(23)29-24-30-22(16-36-24)18-3-5-19(6-4-18)34-14-13-31-11-9-25(26,27)10-12-31;3-2(4,5)1(6)7/h3-8,15-17H,9-14H2,1-2H3,(H,29,30)(H2,28,32,33);(H,6,7). The highest BCUT2D eigenvalue weighted by Gasteiger charge is 2.38. The number of carboxylic acids is 1. The lowest BCUT2D eigenvalue weighted by molar-refractivity contribution is -0.192. The molecular weight excluding hydrogens is 635 g/mol. The van der Waals surface area contributed by atoms with Crippen molar-refractivity contribution in [3.05, 3.63) is 47.8 Å². The summed E-state index contributed by atoms with van der Waals surface area (Å²) < 4.78 is 93.5. The van der Waals surface area contributed by atoms with E-state index in [4.69, 9.17) is 24.5 Å². The number of ether oxygens (including phenoxy) is 2. The zero-order valence-electron chi connectivity index (χ0n) is 23.6. The van der Waals surface area contributed by atoms with Crippen LogP contribution in [0.4, 0.5) is 32.8 Å². The number of halogens is 5. The Bertz CT molecular complexity index is 1510. The maximum atomic E-state index is 13.3. The second kappa shape index (κ2) is 14.5. The highest BCUT2D eigenvalue weighted by Crippen LogP contribution is 2.34. The number of thiazole rings is 1. The van der Waals surface area contributed by atoms with Gasteiger partial charge in [0.2, 0.25) is 10.0 Å². The summed E-state index contributed by atoms with van der Waals surface area (Å²) >= 11 is 1.37. The van der Waals surface area contributed by atoms with Crippen LogP contribution < -0.4 is 19.9 Å². The summed E-state index contributed by atoms with van der Waals surface area (Å²) in [5.41, 5.74) is 2.07. The van der Waals surface area contributed by atoms with Crippen molar-refractivity contribution in [3.8, 4) is 22.8 Å². The van der Waals surface area contributed by atoms with Crippen molar-refractivity contribution in [2.24, 2.45) is 5.14 Å². The molecule has 0 atom stereocenters. The number of carboxylic acid groups (broad SMARTS) is 1. The van der Waals surface area contributed by atoms with Crippen molar-refractivity contribution in [1.82, 2.24) is 9.88 Å². The summed E-state index contributed by atoms with van der Waals surface area (Å²) in [7, 11) is -3.88. The SMILES string of the molecule is CC(C)Oc1ccc(S(N)(=O)=O)cc1Nc1nc(-c2ccc(OCCN3CCC(F)(F)CC3)cc2)cs1.O=C(O)C(F)(F)F. The Kier molecular flexibility index (Phi) is 11.5. The van der Waals surface area contributed by atoms with Crippen LogP contribution in [0, 0.1) is 0 Å². The largest absolute Gasteiger partial charge is 0.492 e. The van der Waals surface area contributed by atoms with E-state index in [1.807, 2.05) is 48.4 Å². The van der Waals surface area contributed by atoms with Crippen molar-refractivity contribution in [2.45, 2.75) is 49.8 Å². The normalized spacial score (nSPS) is 15.3. The van der Waals surface area contributed by atoms with E-state index >= 15 is 0 Å². The van der Waals surface area contributed by atoms with E-state index in [2.05, 4.69) is 10.3 Å². The fourth-order valence-corrected chi connectivity index (χ4v) is 5.11. The van der Waals surface area contributed by atoms with Gasteiger partial charge in [-0.2, -0.15) is 13.2 Å². The molecule has 1 aromatic heterocycles. The van der Waals surface area contributed by atoms with E-state index in [9.17, 15) is 30.4 Å². The van der Waals surface area contributed by atoms with Gasteiger partial charge in [0, 0.05) is 43.4 Å². The third-order valence-electron chi connectivity index (χ3n) is 6.04. The first-order valence-electron chi connectivity index (χ1n) is 13.1. The maximum absolute atomic E-state index is 13.3. The third kappa shape index (κ3) is 10.9. The van der Waals surface area contributed by atoms with E-state index in [0.29, 0.717) is 48.6 Å². The van der Waals surface area contributed by atoms with E-state index in [1.165, 1.54) is 23.5 Å². The van der Waals surface area contributed by atoms with Gasteiger partial charge in [0.1, 0.15) is 18.1 Å². The minimum Gasteiger partial charge on any atom is -0.492 e. The molecule has 17 heteroatoms. The number of alkyl halides is 5. The lowest BCUT2D eigenvalue weighted by Crippen LogP contribution is -2.41. The summed E-state index contributed by atoms with van der Waals surface area (Å²) in [6.07, 6.45) is -5.40. The van der Waals surface area contributed by atoms with Gasteiger partial charge >= 0.3 is 12.1 Å². The van der Waals surface area contributed by atoms with Crippen molar-refractivity contribution in [3.63, 3.8) is 0 Å². The second-order valence-electron chi connectivity index (χ2n) is 9.91. The molecule has 3 aromatic rings. The Morgan fingerprint density at radius 2 is 1.77 bits per heavy atom. The number of aliphatic carboxylic acids is 1. The molecule has 1 saturated heterocycles.